The minimum Gasteiger partial charge on any atom is -0.485 e. The summed E-state index contributed by atoms with van der Waals surface area (Å²) in [5.74, 6) is 0.486. The standard InChI is InChI=1S/C23H28ClN5O4S/c1-5-29(6-2)34(31,32)17-11-12-19-18(13-17)20(21(30)23(3,4)33-19)28-22(26-14-25)27-16-9-7-15(24)8-10-16/h7-13,20-21,30H,5-6H2,1-4H3,(H2,26,27,28)/t20-,21+/m1/s1. The van der Waals surface area contributed by atoms with Crippen molar-refractivity contribution in [2.75, 3.05) is 18.4 Å². The molecule has 0 amide bonds. The molecule has 11 heteroatoms. The Bertz CT molecular complexity index is 1200. The first-order valence-electron chi connectivity index (χ1n) is 10.8. The van der Waals surface area contributed by atoms with E-state index in [1.54, 1.807) is 58.0 Å². The highest BCUT2D eigenvalue weighted by Gasteiger charge is 2.44. The summed E-state index contributed by atoms with van der Waals surface area (Å²) in [4.78, 5) is 4.64. The molecule has 2 aromatic carbocycles. The second-order valence-corrected chi connectivity index (χ2v) is 10.6. The quantitative estimate of drug-likeness (QED) is 0.237. The molecule has 0 saturated heterocycles. The number of fused-ring (bicyclic) bond motifs is 1. The maximum atomic E-state index is 13.1. The zero-order valence-corrected chi connectivity index (χ0v) is 21.0. The summed E-state index contributed by atoms with van der Waals surface area (Å²) < 4.78 is 33.5. The molecule has 0 radical (unpaired) electrons. The first kappa shape index (κ1) is 25.8. The highest BCUT2D eigenvalue weighted by molar-refractivity contribution is 7.89. The molecule has 0 aliphatic carbocycles. The van der Waals surface area contributed by atoms with Crippen molar-refractivity contribution in [1.82, 2.24) is 9.62 Å². The Hall–Kier alpha value is -2.84. The zero-order chi connectivity index (χ0) is 25.1. The molecule has 0 unspecified atom stereocenters. The van der Waals surface area contributed by atoms with E-state index in [-0.39, 0.29) is 10.9 Å². The number of hydrogen-bond donors (Lipinski definition) is 3. The van der Waals surface area contributed by atoms with Crippen molar-refractivity contribution in [3.63, 3.8) is 0 Å². The largest absolute Gasteiger partial charge is 0.485 e. The summed E-state index contributed by atoms with van der Waals surface area (Å²) in [5.41, 5.74) is -0.00153. The van der Waals surface area contributed by atoms with Gasteiger partial charge in [0.25, 0.3) is 0 Å². The smallest absolute Gasteiger partial charge is 0.243 e. The third-order valence-corrected chi connectivity index (χ3v) is 7.87. The highest BCUT2D eigenvalue weighted by atomic mass is 35.5. The SMILES string of the molecule is CCN(CC)S(=O)(=O)c1ccc2c(c1)[C@@H](N=C(NC#N)Nc1ccc(Cl)cc1)[C@H](O)C(C)(C)O2. The van der Waals surface area contributed by atoms with Crippen LogP contribution in [0.1, 0.15) is 39.3 Å². The molecule has 0 aromatic heterocycles. The fourth-order valence-electron chi connectivity index (χ4n) is 3.72. The lowest BCUT2D eigenvalue weighted by molar-refractivity contribution is -0.0568. The molecular formula is C23H28ClN5O4S. The van der Waals surface area contributed by atoms with Crippen molar-refractivity contribution in [3.05, 3.63) is 53.1 Å². The van der Waals surface area contributed by atoms with Gasteiger partial charge in [-0.15, -0.1) is 0 Å². The summed E-state index contributed by atoms with van der Waals surface area (Å²) in [6, 6.07) is 10.4. The van der Waals surface area contributed by atoms with Crippen LogP contribution in [0.2, 0.25) is 5.02 Å². The van der Waals surface area contributed by atoms with E-state index in [2.05, 4.69) is 15.6 Å². The zero-order valence-electron chi connectivity index (χ0n) is 19.4. The number of guanidine groups is 1. The van der Waals surface area contributed by atoms with E-state index >= 15 is 0 Å². The Morgan fingerprint density at radius 3 is 2.47 bits per heavy atom. The van der Waals surface area contributed by atoms with Crippen molar-refractivity contribution in [3.8, 4) is 11.9 Å². The van der Waals surface area contributed by atoms with Gasteiger partial charge in [0.05, 0.1) is 4.90 Å². The fraction of sp³-hybridized carbons (Fsp3) is 0.391. The number of anilines is 1. The molecule has 2 aromatic rings. The molecular weight excluding hydrogens is 478 g/mol. The number of aliphatic hydroxyl groups excluding tert-OH is 1. The maximum absolute atomic E-state index is 13.1. The van der Waals surface area contributed by atoms with Crippen LogP contribution in [0.4, 0.5) is 5.69 Å². The number of rotatable bonds is 6. The molecule has 3 N–H and O–H groups in total. The van der Waals surface area contributed by atoms with Gasteiger partial charge < -0.3 is 15.2 Å². The van der Waals surface area contributed by atoms with Crippen LogP contribution in [0.25, 0.3) is 0 Å². The Kier molecular flexibility index (Phi) is 7.73. The van der Waals surface area contributed by atoms with Gasteiger partial charge in [0.1, 0.15) is 23.5 Å². The van der Waals surface area contributed by atoms with E-state index in [0.29, 0.717) is 35.1 Å². The van der Waals surface area contributed by atoms with Crippen molar-refractivity contribution in [1.29, 1.82) is 5.26 Å². The van der Waals surface area contributed by atoms with Crippen LogP contribution in [0, 0.1) is 11.5 Å². The van der Waals surface area contributed by atoms with Crippen LogP contribution in [-0.4, -0.2) is 48.6 Å². The van der Waals surface area contributed by atoms with E-state index in [1.165, 1.54) is 16.4 Å². The van der Waals surface area contributed by atoms with Gasteiger partial charge in [0.15, 0.2) is 6.19 Å². The number of hydrogen-bond acceptors (Lipinski definition) is 6. The van der Waals surface area contributed by atoms with Crippen LogP contribution in [0.15, 0.2) is 52.4 Å². The molecule has 34 heavy (non-hydrogen) atoms. The third kappa shape index (κ3) is 5.28. The van der Waals surface area contributed by atoms with Gasteiger partial charge in [0.2, 0.25) is 16.0 Å². The van der Waals surface area contributed by atoms with E-state index in [1.807, 2.05) is 6.19 Å². The number of nitrogens with zero attached hydrogens (tertiary/aromatic N) is 3. The fourth-order valence-corrected chi connectivity index (χ4v) is 5.34. The number of aliphatic hydroxyl groups is 1. The van der Waals surface area contributed by atoms with Crippen molar-refractivity contribution in [2.45, 2.75) is 50.3 Å². The summed E-state index contributed by atoms with van der Waals surface area (Å²) in [6.07, 6.45) is 0.699. The lowest BCUT2D eigenvalue weighted by Crippen LogP contribution is -2.49. The maximum Gasteiger partial charge on any atom is 0.243 e. The molecule has 0 bridgehead atoms. The first-order chi connectivity index (χ1) is 16.0. The predicted molar refractivity (Wildman–Crippen MR) is 131 cm³/mol. The lowest BCUT2D eigenvalue weighted by atomic mass is 9.87. The number of benzene rings is 2. The average Bonchev–Trinajstić information content (AvgIpc) is 2.78. The topological polar surface area (TPSA) is 127 Å². The highest BCUT2D eigenvalue weighted by Crippen LogP contribution is 2.43. The van der Waals surface area contributed by atoms with Crippen LogP contribution in [-0.2, 0) is 10.0 Å². The van der Waals surface area contributed by atoms with Crippen molar-refractivity contribution < 1.29 is 18.3 Å². The van der Waals surface area contributed by atoms with E-state index in [4.69, 9.17) is 16.3 Å². The lowest BCUT2D eigenvalue weighted by Gasteiger charge is -2.40. The second-order valence-electron chi connectivity index (χ2n) is 8.23. The monoisotopic (exact) mass is 505 g/mol. The Labute approximate surface area is 205 Å². The van der Waals surface area contributed by atoms with Crippen LogP contribution >= 0.6 is 11.6 Å². The Morgan fingerprint density at radius 1 is 1.24 bits per heavy atom. The molecule has 1 heterocycles. The van der Waals surface area contributed by atoms with E-state index < -0.39 is 27.8 Å². The van der Waals surface area contributed by atoms with Crippen molar-refractivity contribution >= 4 is 33.3 Å². The minimum absolute atomic E-state index is 0.0751. The summed E-state index contributed by atoms with van der Waals surface area (Å²) in [6.45, 7) is 7.62. The molecule has 1 aliphatic heterocycles. The molecule has 3 rings (SSSR count). The van der Waals surface area contributed by atoms with Crippen LogP contribution < -0.4 is 15.4 Å². The number of nitriles is 1. The normalized spacial score (nSPS) is 19.6. The van der Waals surface area contributed by atoms with Gasteiger partial charge in [-0.3, -0.25) is 5.32 Å². The van der Waals surface area contributed by atoms with Gasteiger partial charge in [0, 0.05) is 29.4 Å². The molecule has 0 fully saturated rings. The summed E-state index contributed by atoms with van der Waals surface area (Å²) >= 11 is 5.94. The van der Waals surface area contributed by atoms with E-state index in [9.17, 15) is 18.8 Å². The first-order valence-corrected chi connectivity index (χ1v) is 12.6. The predicted octanol–water partition coefficient (Wildman–Crippen LogP) is 3.48. The van der Waals surface area contributed by atoms with Gasteiger partial charge >= 0.3 is 0 Å². The Balaban J connectivity index is 2.10. The molecule has 182 valence electrons. The summed E-state index contributed by atoms with van der Waals surface area (Å²) in [5, 5.41) is 26.4. The molecule has 1 aliphatic rings. The number of ether oxygens (including phenoxy) is 1. The van der Waals surface area contributed by atoms with Crippen LogP contribution in [0.3, 0.4) is 0 Å². The number of aliphatic imine (C=N–C) groups is 1. The van der Waals surface area contributed by atoms with E-state index in [0.717, 1.165) is 0 Å². The van der Waals surface area contributed by atoms with Crippen LogP contribution in [0.5, 0.6) is 5.75 Å². The molecule has 0 spiro atoms. The minimum atomic E-state index is -3.74. The Morgan fingerprint density at radius 2 is 1.88 bits per heavy atom. The third-order valence-electron chi connectivity index (χ3n) is 5.58. The number of sulfonamides is 1. The van der Waals surface area contributed by atoms with Crippen molar-refractivity contribution in [2.24, 2.45) is 4.99 Å². The number of nitrogens with one attached hydrogen (secondary N) is 2. The van der Waals surface area contributed by atoms with Gasteiger partial charge in [-0.05, 0) is 56.3 Å². The average molecular weight is 506 g/mol. The molecule has 9 nitrogen and oxygen atoms in total. The molecule has 0 saturated carbocycles. The molecule has 2 atom stereocenters. The second kappa shape index (κ2) is 10.2. The number of halogens is 1. The van der Waals surface area contributed by atoms with Gasteiger partial charge in [-0.25, -0.2) is 13.4 Å². The van der Waals surface area contributed by atoms with Gasteiger partial charge in [-0.1, -0.05) is 25.4 Å². The van der Waals surface area contributed by atoms with Gasteiger partial charge in [-0.2, -0.15) is 9.57 Å². The summed E-state index contributed by atoms with van der Waals surface area (Å²) in [7, 11) is -3.74.